The first kappa shape index (κ1) is 22.3. The van der Waals surface area contributed by atoms with Crippen LogP contribution in [-0.4, -0.2) is 31.7 Å². The zero-order chi connectivity index (χ0) is 21.4. The van der Waals surface area contributed by atoms with E-state index in [0.717, 1.165) is 11.1 Å². The van der Waals surface area contributed by atoms with Crippen molar-refractivity contribution in [3.05, 3.63) is 65.2 Å². The Balaban J connectivity index is 1.90. The number of nitrogens with one attached hydrogen (secondary N) is 1. The highest BCUT2D eigenvalue weighted by Gasteiger charge is 2.19. The van der Waals surface area contributed by atoms with Gasteiger partial charge in [0.2, 0.25) is 0 Å². The Bertz CT molecular complexity index is 897. The number of carbonyl (C=O) groups excluding carboxylic acids is 2. The molecule has 0 saturated carbocycles. The fourth-order valence-electron chi connectivity index (χ4n) is 2.51. The molecule has 0 fully saturated rings. The number of anilines is 1. The molecule has 0 aromatic heterocycles. The van der Waals surface area contributed by atoms with Crippen LogP contribution in [-0.2, 0) is 20.7 Å². The number of allylic oxidation sites excluding steroid dienone is 1. The van der Waals surface area contributed by atoms with Gasteiger partial charge in [0.05, 0.1) is 7.11 Å². The highest BCUT2D eigenvalue weighted by atomic mass is 35.5. The first-order chi connectivity index (χ1) is 13.8. The molecule has 0 aliphatic carbocycles. The number of hydrogen-bond acceptors (Lipinski definition) is 5. The molecule has 1 amide bonds. The summed E-state index contributed by atoms with van der Waals surface area (Å²) in [4.78, 5) is 24.4. The third kappa shape index (κ3) is 6.54. The molecule has 0 radical (unpaired) electrons. The van der Waals surface area contributed by atoms with Crippen LogP contribution in [0.5, 0.6) is 11.5 Å². The van der Waals surface area contributed by atoms with Gasteiger partial charge in [-0.1, -0.05) is 29.8 Å². The molecule has 2 aromatic carbocycles. The van der Waals surface area contributed by atoms with Crippen molar-refractivity contribution < 1.29 is 23.8 Å². The highest BCUT2D eigenvalue weighted by Crippen LogP contribution is 2.28. The molecule has 0 saturated heterocycles. The number of esters is 1. The van der Waals surface area contributed by atoms with E-state index in [2.05, 4.69) is 11.9 Å². The molecule has 7 heteroatoms. The zero-order valence-corrected chi connectivity index (χ0v) is 17.4. The van der Waals surface area contributed by atoms with E-state index in [4.69, 9.17) is 25.8 Å². The van der Waals surface area contributed by atoms with Gasteiger partial charge in [0.15, 0.2) is 24.2 Å². The molecular weight excluding hydrogens is 394 g/mol. The summed E-state index contributed by atoms with van der Waals surface area (Å²) in [5, 5.41) is 3.19. The minimum Gasteiger partial charge on any atom is -0.493 e. The topological polar surface area (TPSA) is 73.9 Å². The molecule has 0 unspecified atom stereocenters. The summed E-state index contributed by atoms with van der Waals surface area (Å²) in [6.45, 7) is 6.66. The first-order valence-corrected chi connectivity index (χ1v) is 9.39. The second kappa shape index (κ2) is 10.5. The third-order valence-electron chi connectivity index (χ3n) is 4.09. The summed E-state index contributed by atoms with van der Waals surface area (Å²) < 4.78 is 15.9. The number of carbonyl (C=O) groups is 2. The SMILES string of the molecule is C=CCc1ccc(OCC(=O)O[C@@H](C)C(=O)Nc2cc(Cl)ccc2C)c(OC)c1. The summed E-state index contributed by atoms with van der Waals surface area (Å²) in [5.74, 6) is -0.231. The Morgan fingerprint density at radius 1 is 1.21 bits per heavy atom. The minimum atomic E-state index is -0.999. The van der Waals surface area contributed by atoms with Crippen molar-refractivity contribution in [3.63, 3.8) is 0 Å². The predicted molar refractivity (Wildman–Crippen MR) is 113 cm³/mol. The Labute approximate surface area is 175 Å². The number of halogens is 1. The maximum Gasteiger partial charge on any atom is 0.344 e. The molecule has 1 atom stereocenters. The van der Waals surface area contributed by atoms with Gasteiger partial charge in [-0.3, -0.25) is 4.79 Å². The standard InChI is InChI=1S/C22H24ClNO5/c1-5-6-16-8-10-19(20(11-16)27-4)28-13-21(25)29-15(3)22(26)24-18-12-17(23)9-7-14(18)2/h5,7-12,15H,1,6,13H2,2-4H3,(H,24,26)/t15-/m0/s1. The van der Waals surface area contributed by atoms with Crippen molar-refractivity contribution in [2.24, 2.45) is 0 Å². The number of hydrogen-bond donors (Lipinski definition) is 1. The number of rotatable bonds is 9. The monoisotopic (exact) mass is 417 g/mol. The molecule has 0 heterocycles. The molecule has 0 aliphatic rings. The summed E-state index contributed by atoms with van der Waals surface area (Å²) in [6, 6.07) is 10.5. The molecular formula is C22H24ClNO5. The maximum atomic E-state index is 12.3. The van der Waals surface area contributed by atoms with Gasteiger partial charge in [-0.2, -0.15) is 0 Å². The van der Waals surface area contributed by atoms with Crippen molar-refractivity contribution in [2.45, 2.75) is 26.4 Å². The van der Waals surface area contributed by atoms with Crippen molar-refractivity contribution in [1.82, 2.24) is 0 Å². The van der Waals surface area contributed by atoms with Crippen LogP contribution in [0.2, 0.25) is 5.02 Å². The van der Waals surface area contributed by atoms with E-state index in [-0.39, 0.29) is 6.61 Å². The summed E-state index contributed by atoms with van der Waals surface area (Å²) in [5.41, 5.74) is 2.41. The number of methoxy groups -OCH3 is 1. The quantitative estimate of drug-likeness (QED) is 0.485. The number of aryl methyl sites for hydroxylation is 1. The lowest BCUT2D eigenvalue weighted by atomic mass is 10.1. The molecule has 6 nitrogen and oxygen atoms in total. The van der Waals surface area contributed by atoms with E-state index in [1.807, 2.05) is 19.1 Å². The van der Waals surface area contributed by atoms with Gasteiger partial charge in [0.25, 0.3) is 5.91 Å². The molecule has 2 aromatic rings. The van der Waals surface area contributed by atoms with Crippen LogP contribution in [0.3, 0.4) is 0 Å². The molecule has 154 valence electrons. The summed E-state index contributed by atoms with van der Waals surface area (Å²) in [6.07, 6.45) is 1.47. The van der Waals surface area contributed by atoms with Crippen molar-refractivity contribution >= 4 is 29.2 Å². The molecule has 0 bridgehead atoms. The van der Waals surface area contributed by atoms with Gasteiger partial charge in [-0.25, -0.2) is 4.79 Å². The van der Waals surface area contributed by atoms with Gasteiger partial charge >= 0.3 is 5.97 Å². The Morgan fingerprint density at radius 2 is 1.97 bits per heavy atom. The van der Waals surface area contributed by atoms with Gasteiger partial charge in [0.1, 0.15) is 0 Å². The van der Waals surface area contributed by atoms with Crippen molar-refractivity contribution in [3.8, 4) is 11.5 Å². The number of amides is 1. The molecule has 2 rings (SSSR count). The third-order valence-corrected chi connectivity index (χ3v) is 4.32. The first-order valence-electron chi connectivity index (χ1n) is 9.01. The van der Waals surface area contributed by atoms with E-state index in [0.29, 0.717) is 28.6 Å². The Morgan fingerprint density at radius 3 is 2.66 bits per heavy atom. The summed E-state index contributed by atoms with van der Waals surface area (Å²) >= 11 is 5.95. The van der Waals surface area contributed by atoms with Crippen LogP contribution in [0.1, 0.15) is 18.1 Å². The Hall–Kier alpha value is -2.99. The van der Waals surface area contributed by atoms with Crippen LogP contribution in [0.4, 0.5) is 5.69 Å². The van der Waals surface area contributed by atoms with E-state index in [1.165, 1.54) is 14.0 Å². The van der Waals surface area contributed by atoms with Crippen molar-refractivity contribution in [1.29, 1.82) is 0 Å². The Kier molecular flexibility index (Phi) is 8.09. The fraction of sp³-hybridized carbons (Fsp3) is 0.273. The molecule has 0 spiro atoms. The maximum absolute atomic E-state index is 12.3. The van der Waals surface area contributed by atoms with E-state index in [1.54, 1.807) is 30.3 Å². The van der Waals surface area contributed by atoms with E-state index >= 15 is 0 Å². The second-order valence-corrected chi connectivity index (χ2v) is 6.78. The molecule has 29 heavy (non-hydrogen) atoms. The molecule has 1 N–H and O–H groups in total. The second-order valence-electron chi connectivity index (χ2n) is 6.35. The largest absolute Gasteiger partial charge is 0.493 e. The van der Waals surface area contributed by atoms with Gasteiger partial charge in [-0.15, -0.1) is 6.58 Å². The van der Waals surface area contributed by atoms with E-state index < -0.39 is 18.0 Å². The van der Waals surface area contributed by atoms with Gasteiger partial charge < -0.3 is 19.5 Å². The van der Waals surface area contributed by atoms with Crippen molar-refractivity contribution in [2.75, 3.05) is 19.0 Å². The van der Waals surface area contributed by atoms with Gasteiger partial charge in [0, 0.05) is 10.7 Å². The number of ether oxygens (including phenoxy) is 3. The fourth-order valence-corrected chi connectivity index (χ4v) is 2.68. The van der Waals surface area contributed by atoms with Crippen LogP contribution >= 0.6 is 11.6 Å². The lowest BCUT2D eigenvalue weighted by Crippen LogP contribution is -2.31. The van der Waals surface area contributed by atoms with Crippen LogP contribution in [0.25, 0.3) is 0 Å². The predicted octanol–water partition coefficient (Wildman–Crippen LogP) is 4.33. The number of benzene rings is 2. The highest BCUT2D eigenvalue weighted by molar-refractivity contribution is 6.31. The summed E-state index contributed by atoms with van der Waals surface area (Å²) in [7, 11) is 1.52. The van der Waals surface area contributed by atoms with Crippen LogP contribution in [0.15, 0.2) is 49.1 Å². The zero-order valence-electron chi connectivity index (χ0n) is 16.7. The lowest BCUT2D eigenvalue weighted by molar-refractivity contribution is -0.155. The minimum absolute atomic E-state index is 0.356. The van der Waals surface area contributed by atoms with Crippen LogP contribution < -0.4 is 14.8 Å². The average Bonchev–Trinajstić information content (AvgIpc) is 2.69. The van der Waals surface area contributed by atoms with Gasteiger partial charge in [-0.05, 0) is 55.7 Å². The van der Waals surface area contributed by atoms with E-state index in [9.17, 15) is 9.59 Å². The lowest BCUT2D eigenvalue weighted by Gasteiger charge is -2.16. The normalized spacial score (nSPS) is 11.3. The smallest absolute Gasteiger partial charge is 0.344 e. The molecule has 0 aliphatic heterocycles. The average molecular weight is 418 g/mol. The van der Waals surface area contributed by atoms with Crippen LogP contribution in [0, 0.1) is 6.92 Å².